The smallest absolute Gasteiger partial charge is 0.261 e. The van der Waals surface area contributed by atoms with Crippen LogP contribution in [0.1, 0.15) is 17.3 Å². The van der Waals surface area contributed by atoms with Crippen LogP contribution in [0, 0.1) is 0 Å². The third kappa shape index (κ3) is 3.90. The third-order valence-electron chi connectivity index (χ3n) is 4.35. The summed E-state index contributed by atoms with van der Waals surface area (Å²) >= 11 is 1.40. The van der Waals surface area contributed by atoms with E-state index in [1.807, 2.05) is 67.2 Å². The summed E-state index contributed by atoms with van der Waals surface area (Å²) in [4.78, 5) is 22.9. The minimum Gasteiger partial charge on any atom is -0.493 e. The standard InChI is InChI=1S/C22H20N4O2S/c1-3-28-17-12-8-7-11-16(17)21(27)25-22-24-18(15-9-5-4-6-10-15)19(29-22)20-23-13-14-26(20)2/h4-14H,3H2,1-2H3,(H,24,25,27). The first-order valence-electron chi connectivity index (χ1n) is 9.24. The van der Waals surface area contributed by atoms with Gasteiger partial charge >= 0.3 is 0 Å². The number of ether oxygens (including phenoxy) is 1. The second kappa shape index (κ2) is 8.28. The summed E-state index contributed by atoms with van der Waals surface area (Å²) in [6, 6.07) is 17.1. The molecule has 2 aromatic heterocycles. The fourth-order valence-corrected chi connectivity index (χ4v) is 4.02. The first-order chi connectivity index (χ1) is 14.2. The molecule has 2 aromatic carbocycles. The molecular formula is C22H20N4O2S. The van der Waals surface area contributed by atoms with E-state index in [0.29, 0.717) is 23.1 Å². The van der Waals surface area contributed by atoms with Crippen LogP contribution in [0.5, 0.6) is 5.75 Å². The van der Waals surface area contributed by atoms with Gasteiger partial charge in [-0.15, -0.1) is 0 Å². The van der Waals surface area contributed by atoms with Gasteiger partial charge in [0, 0.05) is 25.0 Å². The van der Waals surface area contributed by atoms with Crippen LogP contribution in [0.2, 0.25) is 0 Å². The molecule has 6 nitrogen and oxygen atoms in total. The van der Waals surface area contributed by atoms with Gasteiger partial charge in [-0.05, 0) is 19.1 Å². The molecule has 0 unspecified atom stereocenters. The van der Waals surface area contributed by atoms with Crippen molar-refractivity contribution < 1.29 is 9.53 Å². The minimum atomic E-state index is -0.256. The number of rotatable bonds is 6. The topological polar surface area (TPSA) is 69.0 Å². The molecule has 146 valence electrons. The highest BCUT2D eigenvalue weighted by molar-refractivity contribution is 7.19. The lowest BCUT2D eigenvalue weighted by molar-refractivity contribution is 0.102. The number of anilines is 1. The Morgan fingerprint density at radius 2 is 1.90 bits per heavy atom. The molecule has 0 aliphatic carbocycles. The second-order valence-electron chi connectivity index (χ2n) is 6.31. The molecule has 1 amide bonds. The van der Waals surface area contributed by atoms with Crippen molar-refractivity contribution in [2.24, 2.45) is 7.05 Å². The summed E-state index contributed by atoms with van der Waals surface area (Å²) in [5.41, 5.74) is 2.24. The monoisotopic (exact) mass is 404 g/mol. The SMILES string of the molecule is CCOc1ccccc1C(=O)Nc1nc(-c2ccccc2)c(-c2nccn2C)s1. The van der Waals surface area contributed by atoms with Gasteiger partial charge in [0.1, 0.15) is 5.75 Å². The van der Waals surface area contributed by atoms with Crippen LogP contribution in [0.15, 0.2) is 67.0 Å². The maximum absolute atomic E-state index is 12.9. The highest BCUT2D eigenvalue weighted by Crippen LogP contribution is 2.38. The number of para-hydroxylation sites is 1. The van der Waals surface area contributed by atoms with Gasteiger partial charge in [0.05, 0.1) is 22.7 Å². The van der Waals surface area contributed by atoms with Crippen LogP contribution in [0.4, 0.5) is 5.13 Å². The summed E-state index contributed by atoms with van der Waals surface area (Å²) in [5, 5.41) is 3.43. The summed E-state index contributed by atoms with van der Waals surface area (Å²) in [6.45, 7) is 2.38. The van der Waals surface area contributed by atoms with E-state index in [1.54, 1.807) is 18.3 Å². The molecule has 0 fully saturated rings. The maximum atomic E-state index is 12.9. The van der Waals surface area contributed by atoms with Crippen LogP contribution >= 0.6 is 11.3 Å². The summed E-state index contributed by atoms with van der Waals surface area (Å²) in [7, 11) is 1.94. The number of hydrogen-bond donors (Lipinski definition) is 1. The van der Waals surface area contributed by atoms with Crippen LogP contribution in [-0.4, -0.2) is 27.0 Å². The van der Waals surface area contributed by atoms with Crippen molar-refractivity contribution in [3.05, 3.63) is 72.6 Å². The molecule has 0 aliphatic rings. The van der Waals surface area contributed by atoms with Gasteiger partial charge in [0.2, 0.25) is 0 Å². The average Bonchev–Trinajstić information content (AvgIpc) is 3.35. The van der Waals surface area contributed by atoms with E-state index in [1.165, 1.54) is 11.3 Å². The third-order valence-corrected chi connectivity index (χ3v) is 5.32. The highest BCUT2D eigenvalue weighted by atomic mass is 32.1. The van der Waals surface area contributed by atoms with Crippen LogP contribution < -0.4 is 10.1 Å². The van der Waals surface area contributed by atoms with Gasteiger partial charge in [-0.1, -0.05) is 53.8 Å². The molecule has 2 heterocycles. The number of carbonyl (C=O) groups is 1. The van der Waals surface area contributed by atoms with Crippen molar-refractivity contribution in [2.45, 2.75) is 6.92 Å². The van der Waals surface area contributed by atoms with E-state index >= 15 is 0 Å². The second-order valence-corrected chi connectivity index (χ2v) is 7.31. The van der Waals surface area contributed by atoms with Gasteiger partial charge in [-0.25, -0.2) is 9.97 Å². The van der Waals surface area contributed by atoms with Crippen molar-refractivity contribution in [1.82, 2.24) is 14.5 Å². The molecule has 29 heavy (non-hydrogen) atoms. The molecule has 0 saturated heterocycles. The van der Waals surface area contributed by atoms with Crippen molar-refractivity contribution in [3.63, 3.8) is 0 Å². The fourth-order valence-electron chi connectivity index (χ4n) is 3.00. The van der Waals surface area contributed by atoms with Crippen LogP contribution in [0.25, 0.3) is 22.0 Å². The quantitative estimate of drug-likeness (QED) is 0.498. The number of hydrogen-bond acceptors (Lipinski definition) is 5. The lowest BCUT2D eigenvalue weighted by Gasteiger charge is -2.08. The van der Waals surface area contributed by atoms with Gasteiger partial charge in [-0.3, -0.25) is 10.1 Å². The Kier molecular flexibility index (Phi) is 5.39. The molecule has 0 bridgehead atoms. The van der Waals surface area contributed by atoms with Gasteiger partial charge in [0.25, 0.3) is 5.91 Å². The Morgan fingerprint density at radius 1 is 1.14 bits per heavy atom. The molecule has 0 spiro atoms. The predicted molar refractivity (Wildman–Crippen MR) is 115 cm³/mol. The van der Waals surface area contributed by atoms with Crippen molar-refractivity contribution in [3.8, 4) is 27.7 Å². The molecular weight excluding hydrogens is 384 g/mol. The summed E-state index contributed by atoms with van der Waals surface area (Å²) in [6.07, 6.45) is 3.64. The molecule has 0 radical (unpaired) electrons. The molecule has 0 saturated carbocycles. The van der Waals surface area contributed by atoms with Gasteiger partial charge < -0.3 is 9.30 Å². The van der Waals surface area contributed by atoms with E-state index in [0.717, 1.165) is 22.0 Å². The number of benzene rings is 2. The van der Waals surface area contributed by atoms with E-state index < -0.39 is 0 Å². The van der Waals surface area contributed by atoms with Gasteiger partial charge in [-0.2, -0.15) is 0 Å². The van der Waals surface area contributed by atoms with Gasteiger partial charge in [0.15, 0.2) is 11.0 Å². The predicted octanol–water partition coefficient (Wildman–Crippen LogP) is 4.86. The van der Waals surface area contributed by atoms with E-state index in [2.05, 4.69) is 10.3 Å². The van der Waals surface area contributed by atoms with E-state index in [9.17, 15) is 4.79 Å². The Hall–Kier alpha value is -3.45. The number of nitrogens with one attached hydrogen (secondary N) is 1. The number of aryl methyl sites for hydroxylation is 1. The summed E-state index contributed by atoms with van der Waals surface area (Å²) in [5.74, 6) is 1.10. The first kappa shape index (κ1) is 18.9. The fraction of sp³-hybridized carbons (Fsp3) is 0.136. The molecule has 0 atom stereocenters. The molecule has 1 N–H and O–H groups in total. The van der Waals surface area contributed by atoms with E-state index in [-0.39, 0.29) is 5.91 Å². The molecule has 4 rings (SSSR count). The molecule has 4 aromatic rings. The molecule has 0 aliphatic heterocycles. The number of thiazole rings is 1. The minimum absolute atomic E-state index is 0.256. The normalized spacial score (nSPS) is 10.7. The Bertz CT molecular complexity index is 1130. The lowest BCUT2D eigenvalue weighted by Crippen LogP contribution is -2.13. The Morgan fingerprint density at radius 3 is 2.62 bits per heavy atom. The zero-order valence-corrected chi connectivity index (χ0v) is 16.9. The highest BCUT2D eigenvalue weighted by Gasteiger charge is 2.20. The van der Waals surface area contributed by atoms with Crippen LogP contribution in [-0.2, 0) is 7.05 Å². The zero-order valence-electron chi connectivity index (χ0n) is 16.1. The van der Waals surface area contributed by atoms with Crippen molar-refractivity contribution in [2.75, 3.05) is 11.9 Å². The van der Waals surface area contributed by atoms with E-state index in [4.69, 9.17) is 9.72 Å². The number of nitrogens with zero attached hydrogens (tertiary/aromatic N) is 3. The Labute approximate surface area is 172 Å². The van der Waals surface area contributed by atoms with Crippen molar-refractivity contribution >= 4 is 22.4 Å². The maximum Gasteiger partial charge on any atom is 0.261 e. The summed E-state index contributed by atoms with van der Waals surface area (Å²) < 4.78 is 7.52. The average molecular weight is 404 g/mol. The Balaban J connectivity index is 1.71. The molecule has 7 heteroatoms. The van der Waals surface area contributed by atoms with Crippen LogP contribution in [0.3, 0.4) is 0 Å². The first-order valence-corrected chi connectivity index (χ1v) is 10.1. The zero-order chi connectivity index (χ0) is 20.2. The largest absolute Gasteiger partial charge is 0.493 e. The van der Waals surface area contributed by atoms with Crippen molar-refractivity contribution in [1.29, 1.82) is 0 Å². The lowest BCUT2D eigenvalue weighted by atomic mass is 10.1. The number of imidazole rings is 1. The number of amides is 1. The number of carbonyl (C=O) groups excluding carboxylic acids is 1. The number of aromatic nitrogens is 3.